The molecule has 2 aliphatic carbocycles. The number of benzene rings is 2. The lowest BCUT2D eigenvalue weighted by Gasteiger charge is -2.59. The van der Waals surface area contributed by atoms with Gasteiger partial charge in [-0.05, 0) is 126 Å². The number of carbonyl (C=O) groups is 1. The van der Waals surface area contributed by atoms with Crippen molar-refractivity contribution >= 4 is 11.8 Å². The summed E-state index contributed by atoms with van der Waals surface area (Å²) in [7, 11) is 1.40. The number of unbranched alkanes of at least 4 members (excludes halogenated alkanes) is 2. The lowest BCUT2D eigenvalue weighted by Crippen LogP contribution is -2.70. The maximum absolute atomic E-state index is 13.7. The van der Waals surface area contributed by atoms with Crippen molar-refractivity contribution in [2.75, 3.05) is 33.5 Å². The van der Waals surface area contributed by atoms with Gasteiger partial charge in [0.05, 0.1) is 25.3 Å². The summed E-state index contributed by atoms with van der Waals surface area (Å²) in [6.07, 6.45) is 9.41. The lowest BCUT2D eigenvalue weighted by molar-refractivity contribution is -0.255. The number of hydrogen-bond donors (Lipinski definition) is 2. The Morgan fingerprint density at radius 2 is 1.74 bits per heavy atom. The number of rotatable bonds is 17. The van der Waals surface area contributed by atoms with Crippen LogP contribution >= 0.6 is 0 Å². The van der Waals surface area contributed by atoms with Gasteiger partial charge < -0.3 is 34.0 Å². The van der Waals surface area contributed by atoms with Crippen molar-refractivity contribution in [3.05, 3.63) is 77.4 Å². The molecule has 2 aromatic carbocycles. The zero-order chi connectivity index (χ0) is 39.0. The molecule has 6 unspecified atom stereocenters. The fourth-order valence-electron chi connectivity index (χ4n) is 8.55. The van der Waals surface area contributed by atoms with Crippen molar-refractivity contribution in [3.63, 3.8) is 0 Å². The zero-order valence-electron chi connectivity index (χ0n) is 33.4. The molecule has 0 spiro atoms. The maximum atomic E-state index is 13.7. The number of aliphatic hydroxyl groups is 2. The number of aliphatic hydroxyl groups excluding tert-OH is 2. The molecule has 3 aliphatic rings. The second kappa shape index (κ2) is 18.2. The molecule has 0 bridgehead atoms. The average molecular weight is 747 g/mol. The first kappa shape index (κ1) is 41.3. The summed E-state index contributed by atoms with van der Waals surface area (Å²) in [5, 5.41) is 24.6. The van der Waals surface area contributed by atoms with Gasteiger partial charge in [0.25, 0.3) is 0 Å². The number of nitrogens with zero attached hydrogens (tertiary/aromatic N) is 2. The molecule has 2 aromatic rings. The summed E-state index contributed by atoms with van der Waals surface area (Å²) < 4.78 is 26.2. The Kier molecular flexibility index (Phi) is 13.9. The summed E-state index contributed by atoms with van der Waals surface area (Å²) in [5.74, 6) is 0.477. The first-order chi connectivity index (χ1) is 25.9. The van der Waals surface area contributed by atoms with E-state index in [0.717, 1.165) is 53.8 Å². The van der Waals surface area contributed by atoms with E-state index in [2.05, 4.69) is 44.7 Å². The van der Waals surface area contributed by atoms with Gasteiger partial charge in [0.15, 0.2) is 0 Å². The largest absolute Gasteiger partial charge is 0.459 e. The topological polar surface area (TPSA) is 119 Å². The molecule has 5 rings (SSSR count). The molecule has 1 amide bonds. The van der Waals surface area contributed by atoms with Gasteiger partial charge in [-0.1, -0.05) is 43.1 Å². The highest BCUT2D eigenvalue weighted by Crippen LogP contribution is 2.62. The predicted octanol–water partition coefficient (Wildman–Crippen LogP) is 9.01. The first-order valence-electron chi connectivity index (χ1n) is 19.8. The molecule has 10 heteroatoms. The van der Waals surface area contributed by atoms with Gasteiger partial charge in [-0.25, -0.2) is 4.79 Å². The monoisotopic (exact) mass is 746 g/mol. The van der Waals surface area contributed by atoms with Crippen LogP contribution in [0.5, 0.6) is 17.2 Å². The maximum Gasteiger partial charge on any atom is 0.409 e. The molecule has 0 saturated heterocycles. The number of aryl methyl sites for hydroxylation is 2. The summed E-state index contributed by atoms with van der Waals surface area (Å²) in [5.41, 5.74) is 4.53. The molecular weight excluding hydrogens is 684 g/mol. The van der Waals surface area contributed by atoms with Crippen LogP contribution in [0.3, 0.4) is 0 Å². The standard InChI is InChI=1S/C44H62N2O8/c1-9-21-46(42(49)50-8)39-28-37(45-54-43(5,6)7)35-26-31(15-11-13-22-47)34(16-12-14-23-48)40-36-27-33(52-32-18-17-29(3)30(4)25-32)19-20-38(36)53-44(39,41(35)40)51-24-10-2/h10,17-20,25-27,31,34,39-41,47-48H,2,9,11-16,21-24,28H2,1,3-8H3. The van der Waals surface area contributed by atoms with Crippen LogP contribution in [0.15, 0.2) is 65.9 Å². The van der Waals surface area contributed by atoms with Crippen molar-refractivity contribution in [3.8, 4) is 17.2 Å². The number of carbonyl (C=O) groups excluding carboxylic acids is 1. The third kappa shape index (κ3) is 8.98. The van der Waals surface area contributed by atoms with Crippen molar-refractivity contribution in [2.24, 2.45) is 22.9 Å². The van der Waals surface area contributed by atoms with Gasteiger partial charge in [-0.2, -0.15) is 0 Å². The van der Waals surface area contributed by atoms with Crippen LogP contribution < -0.4 is 9.47 Å². The third-order valence-electron chi connectivity index (χ3n) is 11.0. The third-order valence-corrected chi connectivity index (χ3v) is 11.0. The smallest absolute Gasteiger partial charge is 0.409 e. The zero-order valence-corrected chi connectivity index (χ0v) is 33.4. The van der Waals surface area contributed by atoms with E-state index in [1.807, 2.05) is 45.9 Å². The van der Waals surface area contributed by atoms with Gasteiger partial charge >= 0.3 is 6.09 Å². The Hall–Kier alpha value is -3.86. The average Bonchev–Trinajstić information content (AvgIpc) is 3.14. The van der Waals surface area contributed by atoms with Gasteiger partial charge in [-0.15, -0.1) is 6.58 Å². The Bertz CT molecular complexity index is 1660. The van der Waals surface area contributed by atoms with E-state index in [9.17, 15) is 15.0 Å². The second-order valence-corrected chi connectivity index (χ2v) is 16.0. The fourth-order valence-corrected chi connectivity index (χ4v) is 8.55. The molecule has 1 fully saturated rings. The Labute approximate surface area is 322 Å². The number of allylic oxidation sites excluding steroid dienone is 1. The molecule has 54 heavy (non-hydrogen) atoms. The SMILES string of the molecule is C=CCOC12Oc3ccc(Oc4ccc(C)c(C)c4)cc3C3C(CCCCO)C(CCCCO)C=C(C(=NOC(C)(C)C)CC1N(CCC)C(=O)OC)C32. The van der Waals surface area contributed by atoms with Crippen LogP contribution in [0.2, 0.25) is 0 Å². The first-order valence-corrected chi connectivity index (χ1v) is 19.8. The number of oxime groups is 1. The van der Waals surface area contributed by atoms with E-state index in [1.54, 1.807) is 11.0 Å². The summed E-state index contributed by atoms with van der Waals surface area (Å²) in [6, 6.07) is 11.5. The molecule has 1 aliphatic heterocycles. The molecule has 1 saturated carbocycles. The molecule has 10 nitrogen and oxygen atoms in total. The number of ether oxygens (including phenoxy) is 4. The highest BCUT2D eigenvalue weighted by molar-refractivity contribution is 6.03. The molecule has 6 atom stereocenters. The van der Waals surface area contributed by atoms with Crippen molar-refractivity contribution in [2.45, 2.75) is 116 Å². The van der Waals surface area contributed by atoms with Gasteiger partial charge in [0, 0.05) is 37.7 Å². The highest BCUT2D eigenvalue weighted by atomic mass is 16.7. The van der Waals surface area contributed by atoms with E-state index in [4.69, 9.17) is 28.9 Å². The van der Waals surface area contributed by atoms with Crippen molar-refractivity contribution < 1.29 is 38.8 Å². The molecule has 2 N–H and O–H groups in total. The van der Waals surface area contributed by atoms with Crippen molar-refractivity contribution in [1.29, 1.82) is 0 Å². The van der Waals surface area contributed by atoms with Gasteiger partial charge in [0.1, 0.15) is 28.9 Å². The van der Waals surface area contributed by atoms with Gasteiger partial charge in [-0.3, -0.25) is 4.90 Å². The van der Waals surface area contributed by atoms with E-state index in [0.29, 0.717) is 43.7 Å². The lowest BCUT2D eigenvalue weighted by atomic mass is 9.55. The van der Waals surface area contributed by atoms with Crippen LogP contribution in [-0.4, -0.2) is 77.8 Å². The minimum Gasteiger partial charge on any atom is -0.459 e. The van der Waals surface area contributed by atoms with Crippen LogP contribution in [0.4, 0.5) is 4.79 Å². The summed E-state index contributed by atoms with van der Waals surface area (Å²) in [6.45, 7) is 17.0. The quantitative estimate of drug-likeness (QED) is 0.0936. The van der Waals surface area contributed by atoms with Crippen LogP contribution in [-0.2, 0) is 14.3 Å². The molecular formula is C44H62N2O8. The summed E-state index contributed by atoms with van der Waals surface area (Å²) in [4.78, 5) is 21.6. The second-order valence-electron chi connectivity index (χ2n) is 16.0. The van der Waals surface area contributed by atoms with Gasteiger partial charge in [0.2, 0.25) is 5.79 Å². The number of fused-ring (bicyclic) bond motifs is 2. The van der Waals surface area contributed by atoms with Crippen LogP contribution in [0.1, 0.15) is 102 Å². The Morgan fingerprint density at radius 1 is 1.04 bits per heavy atom. The highest BCUT2D eigenvalue weighted by Gasteiger charge is 2.65. The van der Waals surface area contributed by atoms with Crippen LogP contribution in [0, 0.1) is 31.6 Å². The van der Waals surface area contributed by atoms with E-state index in [1.165, 1.54) is 12.7 Å². The number of hydrogen-bond acceptors (Lipinski definition) is 9. The summed E-state index contributed by atoms with van der Waals surface area (Å²) >= 11 is 0. The molecule has 0 radical (unpaired) electrons. The number of amides is 1. The van der Waals surface area contributed by atoms with E-state index in [-0.39, 0.29) is 37.6 Å². The molecule has 296 valence electrons. The molecule has 1 heterocycles. The Balaban J connectivity index is 1.79. The van der Waals surface area contributed by atoms with E-state index >= 15 is 0 Å². The van der Waals surface area contributed by atoms with Crippen LogP contribution in [0.25, 0.3) is 0 Å². The van der Waals surface area contributed by atoms with E-state index < -0.39 is 29.4 Å². The Morgan fingerprint density at radius 3 is 2.39 bits per heavy atom. The normalized spacial score (nSPS) is 25.2. The minimum absolute atomic E-state index is 0.108. The predicted molar refractivity (Wildman–Crippen MR) is 211 cm³/mol. The fraction of sp³-hybridized carbons (Fsp3) is 0.591. The van der Waals surface area contributed by atoms with Crippen molar-refractivity contribution in [1.82, 2.24) is 4.90 Å². The number of methoxy groups -OCH3 is 1. The molecule has 0 aromatic heterocycles. The minimum atomic E-state index is -1.33.